The number of ether oxygens (including phenoxy) is 4. The summed E-state index contributed by atoms with van der Waals surface area (Å²) < 4.78 is 22.1. The lowest BCUT2D eigenvalue weighted by atomic mass is 9.93. The van der Waals surface area contributed by atoms with E-state index in [-0.39, 0.29) is 19.0 Å². The first-order chi connectivity index (χ1) is 12.1. The Morgan fingerprint density at radius 1 is 1.20 bits per heavy atom. The molecule has 1 aromatic carbocycles. The van der Waals surface area contributed by atoms with Crippen LogP contribution in [0.3, 0.4) is 0 Å². The molecule has 3 atom stereocenters. The zero-order valence-corrected chi connectivity index (χ0v) is 13.8. The van der Waals surface area contributed by atoms with Crippen LogP contribution in [0.1, 0.15) is 11.5 Å². The molecule has 2 heterocycles. The van der Waals surface area contributed by atoms with E-state index in [2.05, 4.69) is 17.1 Å². The molecule has 1 saturated carbocycles. The fourth-order valence-electron chi connectivity index (χ4n) is 4.24. The second-order valence-electron chi connectivity index (χ2n) is 6.16. The molecule has 0 amide bonds. The van der Waals surface area contributed by atoms with Crippen molar-refractivity contribution in [1.29, 1.82) is 10.5 Å². The van der Waals surface area contributed by atoms with Crippen LogP contribution in [0.4, 0.5) is 0 Å². The van der Waals surface area contributed by atoms with Crippen molar-refractivity contribution >= 4 is 5.84 Å². The summed E-state index contributed by atoms with van der Waals surface area (Å²) in [5.41, 5.74) is 4.11. The number of aliphatic imine (C=N–C) groups is 1. The average Bonchev–Trinajstić information content (AvgIpc) is 2.88. The zero-order valence-electron chi connectivity index (χ0n) is 13.8. The monoisotopic (exact) mass is 340 g/mol. The summed E-state index contributed by atoms with van der Waals surface area (Å²) in [6.07, 6.45) is 0. The average molecular weight is 340 g/mol. The van der Waals surface area contributed by atoms with Gasteiger partial charge in [-0.1, -0.05) is 6.07 Å². The molecule has 0 bridgehead atoms. The molecule has 1 aromatic rings. The summed E-state index contributed by atoms with van der Waals surface area (Å²) in [5, 5.41) is 20.0. The van der Waals surface area contributed by atoms with E-state index in [1.54, 1.807) is 25.3 Å². The lowest BCUT2D eigenvalue weighted by Gasteiger charge is -2.26. The normalized spacial score (nSPS) is 33.9. The Bertz CT molecular complexity index is 864. The van der Waals surface area contributed by atoms with Crippen molar-refractivity contribution in [1.82, 2.24) is 0 Å². The number of benzene rings is 1. The molecule has 0 radical (unpaired) electrons. The van der Waals surface area contributed by atoms with Gasteiger partial charge < -0.3 is 24.7 Å². The number of amidine groups is 1. The maximum absolute atomic E-state index is 10.0. The predicted octanol–water partition coefficient (Wildman–Crippen LogP) is 0.892. The molecule has 2 fully saturated rings. The molecule has 1 saturated heterocycles. The standard InChI is InChI=1S/C17H16N4O4/c1-22-10-3-4-11(12(7-10)23-2)13-15(8-18)14(20)21-17(16(13,15)9-19)24-5-6-25-17/h3-4,7,13H,5-6H2,1-2H3,(H2,20,21)/t13-,15+,16-/m1/s1. The number of nitrogens with zero attached hydrogens (tertiary/aromatic N) is 3. The fraction of sp³-hybridized carbons (Fsp3) is 0.471. The first kappa shape index (κ1) is 15.7. The van der Waals surface area contributed by atoms with Gasteiger partial charge in [-0.05, 0) is 6.07 Å². The van der Waals surface area contributed by atoms with E-state index in [1.165, 1.54) is 7.11 Å². The molecule has 0 aromatic heterocycles. The first-order valence-corrected chi connectivity index (χ1v) is 7.75. The van der Waals surface area contributed by atoms with E-state index in [4.69, 9.17) is 24.7 Å². The zero-order chi connectivity index (χ0) is 17.9. The predicted molar refractivity (Wildman–Crippen MR) is 84.6 cm³/mol. The highest BCUT2D eigenvalue weighted by Gasteiger charge is 2.94. The summed E-state index contributed by atoms with van der Waals surface area (Å²) in [5.74, 6) is -0.957. The number of methoxy groups -OCH3 is 2. The molecule has 25 heavy (non-hydrogen) atoms. The van der Waals surface area contributed by atoms with E-state index < -0.39 is 22.7 Å². The molecule has 0 unspecified atom stereocenters. The number of hydrogen-bond acceptors (Lipinski definition) is 8. The van der Waals surface area contributed by atoms with Gasteiger partial charge in [0.05, 0.1) is 39.6 Å². The molecule has 3 aliphatic rings. The summed E-state index contributed by atoms with van der Waals surface area (Å²) in [7, 11) is 3.07. The maximum Gasteiger partial charge on any atom is 0.293 e. The van der Waals surface area contributed by atoms with Crippen LogP contribution in [0.2, 0.25) is 0 Å². The third kappa shape index (κ3) is 1.50. The van der Waals surface area contributed by atoms with E-state index in [0.717, 1.165) is 0 Å². The number of nitrogens with two attached hydrogens (primary N) is 1. The molecule has 8 heteroatoms. The lowest BCUT2D eigenvalue weighted by molar-refractivity contribution is -0.184. The Morgan fingerprint density at radius 2 is 1.92 bits per heavy atom. The highest BCUT2D eigenvalue weighted by atomic mass is 16.8. The Labute approximate surface area is 144 Å². The van der Waals surface area contributed by atoms with Crippen LogP contribution in [-0.2, 0) is 9.47 Å². The minimum atomic E-state index is -1.54. The van der Waals surface area contributed by atoms with Gasteiger partial charge in [0, 0.05) is 17.5 Å². The van der Waals surface area contributed by atoms with Crippen LogP contribution in [0.25, 0.3) is 0 Å². The molecular weight excluding hydrogens is 324 g/mol. The van der Waals surface area contributed by atoms with Gasteiger partial charge in [0.15, 0.2) is 5.41 Å². The molecule has 4 rings (SSSR count). The van der Waals surface area contributed by atoms with Crippen molar-refractivity contribution in [3.05, 3.63) is 23.8 Å². The van der Waals surface area contributed by atoms with E-state index in [1.807, 2.05) is 0 Å². The van der Waals surface area contributed by atoms with Crippen LogP contribution < -0.4 is 15.2 Å². The SMILES string of the molecule is COc1ccc([C@H]2[C@@]3(C#N)C4(N=C(N)[C@]23C#N)OCCO4)c(OC)c1. The fourth-order valence-corrected chi connectivity index (χ4v) is 4.24. The van der Waals surface area contributed by atoms with Crippen molar-refractivity contribution in [2.45, 2.75) is 11.8 Å². The van der Waals surface area contributed by atoms with Crippen LogP contribution >= 0.6 is 0 Å². The number of nitriles is 2. The lowest BCUT2D eigenvalue weighted by Crippen LogP contribution is -2.38. The van der Waals surface area contributed by atoms with Gasteiger partial charge in [0.25, 0.3) is 5.91 Å². The molecule has 2 aliphatic heterocycles. The second-order valence-corrected chi connectivity index (χ2v) is 6.16. The number of hydrogen-bond donors (Lipinski definition) is 1. The van der Waals surface area contributed by atoms with Crippen molar-refractivity contribution < 1.29 is 18.9 Å². The molecule has 1 spiro atoms. The van der Waals surface area contributed by atoms with Gasteiger partial charge in [-0.25, -0.2) is 4.99 Å². The molecular formula is C17H16N4O4. The van der Waals surface area contributed by atoms with Crippen molar-refractivity contribution in [2.75, 3.05) is 27.4 Å². The Balaban J connectivity index is 1.92. The van der Waals surface area contributed by atoms with Crippen LogP contribution in [0.15, 0.2) is 23.2 Å². The molecule has 1 aliphatic carbocycles. The summed E-state index contributed by atoms with van der Waals surface area (Å²) >= 11 is 0. The highest BCUT2D eigenvalue weighted by molar-refractivity contribution is 6.00. The quantitative estimate of drug-likeness (QED) is 0.866. The number of fused-ring (bicyclic) bond motifs is 2. The summed E-state index contributed by atoms with van der Waals surface area (Å²) in [6.45, 7) is 0.572. The highest BCUT2D eigenvalue weighted by Crippen LogP contribution is 2.83. The Hall–Kier alpha value is -2.81. The Morgan fingerprint density at radius 3 is 2.48 bits per heavy atom. The maximum atomic E-state index is 10.0. The minimum Gasteiger partial charge on any atom is -0.497 e. The molecule has 8 nitrogen and oxygen atoms in total. The van der Waals surface area contributed by atoms with Crippen LogP contribution in [-0.4, -0.2) is 39.2 Å². The third-order valence-electron chi connectivity index (χ3n) is 5.36. The summed E-state index contributed by atoms with van der Waals surface area (Å²) in [6, 6.07) is 9.68. The van der Waals surface area contributed by atoms with E-state index in [0.29, 0.717) is 17.1 Å². The largest absolute Gasteiger partial charge is 0.497 e. The van der Waals surface area contributed by atoms with Crippen LogP contribution in [0, 0.1) is 33.5 Å². The smallest absolute Gasteiger partial charge is 0.293 e. The topological polar surface area (TPSA) is 123 Å². The van der Waals surface area contributed by atoms with Gasteiger partial charge in [-0.15, -0.1) is 0 Å². The van der Waals surface area contributed by atoms with Gasteiger partial charge in [0.2, 0.25) is 0 Å². The Kier molecular flexibility index (Phi) is 3.05. The van der Waals surface area contributed by atoms with Gasteiger partial charge in [0.1, 0.15) is 22.7 Å². The van der Waals surface area contributed by atoms with E-state index in [9.17, 15) is 10.5 Å². The minimum absolute atomic E-state index is 0.0568. The van der Waals surface area contributed by atoms with Crippen LogP contribution in [0.5, 0.6) is 11.5 Å². The van der Waals surface area contributed by atoms with Crippen molar-refractivity contribution in [3.8, 4) is 23.6 Å². The van der Waals surface area contributed by atoms with Gasteiger partial charge in [-0.2, -0.15) is 10.5 Å². The number of rotatable bonds is 3. The first-order valence-electron chi connectivity index (χ1n) is 7.75. The summed E-state index contributed by atoms with van der Waals surface area (Å²) in [4.78, 5) is 4.24. The van der Waals surface area contributed by atoms with Gasteiger partial charge >= 0.3 is 0 Å². The van der Waals surface area contributed by atoms with Crippen molar-refractivity contribution in [3.63, 3.8) is 0 Å². The third-order valence-corrected chi connectivity index (χ3v) is 5.36. The molecule has 128 valence electrons. The molecule has 2 N–H and O–H groups in total. The van der Waals surface area contributed by atoms with Crippen molar-refractivity contribution in [2.24, 2.45) is 21.6 Å². The van der Waals surface area contributed by atoms with Gasteiger partial charge in [-0.3, -0.25) is 0 Å². The van der Waals surface area contributed by atoms with E-state index >= 15 is 0 Å². The second kappa shape index (κ2) is 4.85.